The number of aryl methyl sites for hydroxylation is 3. The van der Waals surface area contributed by atoms with Crippen LogP contribution in [0.4, 0.5) is 0 Å². The third-order valence-electron chi connectivity index (χ3n) is 3.50. The lowest BCUT2D eigenvalue weighted by Gasteiger charge is -2.04. The van der Waals surface area contributed by atoms with Crippen LogP contribution in [0.15, 0.2) is 9.59 Å². The summed E-state index contributed by atoms with van der Waals surface area (Å²) in [6, 6.07) is 0. The number of nitrogens with zero attached hydrogens (tertiary/aromatic N) is 3. The molecule has 0 fully saturated rings. The average Bonchev–Trinajstić information content (AvgIpc) is 2.70. The standard InChI is InChI=1S/C13H20N4O3/c1-8(18)6-4-5-7-9-14-11-10(16(9)2)12(19)15-13(20)17(11)3/h8,18H,4-7H2,1-3H3,(H,15,19,20). The number of aliphatic hydroxyl groups excluding tert-OH is 1. The lowest BCUT2D eigenvalue weighted by molar-refractivity contribution is 0.180. The van der Waals surface area contributed by atoms with Crippen LogP contribution in [0.1, 0.15) is 32.0 Å². The molecule has 0 saturated carbocycles. The second-order valence-corrected chi connectivity index (χ2v) is 5.17. The normalized spacial score (nSPS) is 13.0. The zero-order valence-electron chi connectivity index (χ0n) is 12.0. The van der Waals surface area contributed by atoms with Gasteiger partial charge >= 0.3 is 5.69 Å². The number of rotatable bonds is 5. The van der Waals surface area contributed by atoms with Crippen molar-refractivity contribution < 1.29 is 5.11 Å². The number of nitrogens with one attached hydrogen (secondary N) is 1. The zero-order chi connectivity index (χ0) is 14.9. The van der Waals surface area contributed by atoms with E-state index in [-0.39, 0.29) is 6.10 Å². The summed E-state index contributed by atoms with van der Waals surface area (Å²) in [5.74, 6) is 0.775. The lowest BCUT2D eigenvalue weighted by atomic mass is 10.1. The smallest absolute Gasteiger partial charge is 0.329 e. The number of aliphatic hydroxyl groups is 1. The Morgan fingerprint density at radius 2 is 1.95 bits per heavy atom. The molecule has 0 radical (unpaired) electrons. The van der Waals surface area contributed by atoms with Crippen molar-refractivity contribution in [2.45, 2.75) is 38.7 Å². The van der Waals surface area contributed by atoms with Gasteiger partial charge in [0.1, 0.15) is 5.82 Å². The largest absolute Gasteiger partial charge is 0.393 e. The Morgan fingerprint density at radius 3 is 2.60 bits per heavy atom. The van der Waals surface area contributed by atoms with Gasteiger partial charge in [0.05, 0.1) is 6.10 Å². The molecule has 0 saturated heterocycles. The van der Waals surface area contributed by atoms with Crippen molar-refractivity contribution in [1.82, 2.24) is 19.1 Å². The van der Waals surface area contributed by atoms with E-state index in [2.05, 4.69) is 9.97 Å². The maximum atomic E-state index is 11.8. The number of aromatic amines is 1. The van der Waals surface area contributed by atoms with E-state index in [9.17, 15) is 14.7 Å². The Bertz CT molecular complexity index is 724. The second-order valence-electron chi connectivity index (χ2n) is 5.17. The Balaban J connectivity index is 2.30. The van der Waals surface area contributed by atoms with Crippen molar-refractivity contribution in [2.24, 2.45) is 14.1 Å². The Kier molecular flexibility index (Phi) is 4.08. The molecule has 110 valence electrons. The summed E-state index contributed by atoms with van der Waals surface area (Å²) in [6.45, 7) is 1.77. The van der Waals surface area contributed by atoms with E-state index in [4.69, 9.17) is 0 Å². The Hall–Kier alpha value is -1.89. The molecule has 1 unspecified atom stereocenters. The quantitative estimate of drug-likeness (QED) is 0.757. The molecule has 2 aromatic rings. The van der Waals surface area contributed by atoms with Crippen molar-refractivity contribution in [2.75, 3.05) is 0 Å². The molecule has 2 N–H and O–H groups in total. The van der Waals surface area contributed by atoms with Crippen molar-refractivity contribution in [3.05, 3.63) is 26.7 Å². The first kappa shape index (κ1) is 14.5. The van der Waals surface area contributed by atoms with Gasteiger partial charge < -0.3 is 9.67 Å². The highest BCUT2D eigenvalue weighted by Crippen LogP contribution is 2.12. The highest BCUT2D eigenvalue weighted by Gasteiger charge is 2.14. The molecular weight excluding hydrogens is 260 g/mol. The second kappa shape index (κ2) is 5.62. The minimum Gasteiger partial charge on any atom is -0.393 e. The zero-order valence-corrected chi connectivity index (χ0v) is 12.0. The molecule has 2 aromatic heterocycles. The number of aromatic nitrogens is 4. The molecule has 7 heteroatoms. The molecule has 0 aliphatic heterocycles. The summed E-state index contributed by atoms with van der Waals surface area (Å²) in [5, 5.41) is 9.22. The van der Waals surface area contributed by atoms with Crippen LogP contribution in [0, 0.1) is 0 Å². The summed E-state index contributed by atoms with van der Waals surface area (Å²) in [6.07, 6.45) is 2.96. The van der Waals surface area contributed by atoms with Gasteiger partial charge in [-0.1, -0.05) is 6.42 Å². The highest BCUT2D eigenvalue weighted by atomic mass is 16.3. The molecule has 0 aliphatic rings. The summed E-state index contributed by atoms with van der Waals surface area (Å²) in [4.78, 5) is 30.1. The van der Waals surface area contributed by atoms with E-state index in [1.54, 1.807) is 25.6 Å². The number of imidazole rings is 1. The molecular formula is C13H20N4O3. The number of fused-ring (bicyclic) bond motifs is 1. The molecule has 1 atom stereocenters. The Labute approximate surface area is 115 Å². The lowest BCUT2D eigenvalue weighted by Crippen LogP contribution is -2.29. The minimum atomic E-state index is -0.457. The van der Waals surface area contributed by atoms with Gasteiger partial charge in [-0.2, -0.15) is 0 Å². The van der Waals surface area contributed by atoms with Crippen LogP contribution in [0.25, 0.3) is 11.2 Å². The van der Waals surface area contributed by atoms with E-state index in [0.717, 1.165) is 25.1 Å². The predicted molar refractivity (Wildman–Crippen MR) is 75.8 cm³/mol. The van der Waals surface area contributed by atoms with Crippen LogP contribution in [-0.2, 0) is 20.5 Å². The summed E-state index contributed by atoms with van der Waals surface area (Å²) < 4.78 is 3.08. The minimum absolute atomic E-state index is 0.292. The summed E-state index contributed by atoms with van der Waals surface area (Å²) in [7, 11) is 3.36. The first-order valence-corrected chi connectivity index (χ1v) is 6.74. The molecule has 2 rings (SSSR count). The maximum Gasteiger partial charge on any atom is 0.329 e. The van der Waals surface area contributed by atoms with E-state index < -0.39 is 11.2 Å². The number of hydrogen-bond acceptors (Lipinski definition) is 4. The molecule has 0 amide bonds. The summed E-state index contributed by atoms with van der Waals surface area (Å²) >= 11 is 0. The van der Waals surface area contributed by atoms with Gasteiger partial charge in [-0.05, 0) is 19.8 Å². The van der Waals surface area contributed by atoms with Crippen LogP contribution < -0.4 is 11.2 Å². The van der Waals surface area contributed by atoms with Crippen molar-refractivity contribution in [1.29, 1.82) is 0 Å². The topological polar surface area (TPSA) is 92.9 Å². The number of unbranched alkanes of at least 4 members (excludes halogenated alkanes) is 1. The molecule has 2 heterocycles. The van der Waals surface area contributed by atoms with Gasteiger partial charge in [0.15, 0.2) is 11.2 Å². The van der Waals surface area contributed by atoms with Crippen molar-refractivity contribution in [3.63, 3.8) is 0 Å². The van der Waals surface area contributed by atoms with E-state index in [1.165, 1.54) is 4.57 Å². The SMILES string of the molecule is CC(O)CCCCc1nc2c(c(=O)[nH]c(=O)n2C)n1C. The van der Waals surface area contributed by atoms with Gasteiger partial charge in [-0.25, -0.2) is 9.78 Å². The highest BCUT2D eigenvalue weighted by molar-refractivity contribution is 5.70. The van der Waals surface area contributed by atoms with Crippen LogP contribution >= 0.6 is 0 Å². The molecule has 0 aliphatic carbocycles. The van der Waals surface area contributed by atoms with E-state index >= 15 is 0 Å². The Morgan fingerprint density at radius 1 is 1.25 bits per heavy atom. The van der Waals surface area contributed by atoms with Crippen molar-refractivity contribution >= 4 is 11.2 Å². The average molecular weight is 280 g/mol. The van der Waals surface area contributed by atoms with Crippen LogP contribution in [0.3, 0.4) is 0 Å². The molecule has 0 aromatic carbocycles. The first-order chi connectivity index (χ1) is 9.41. The van der Waals surface area contributed by atoms with E-state index in [1.807, 2.05) is 0 Å². The maximum absolute atomic E-state index is 11.8. The fraction of sp³-hybridized carbons (Fsp3) is 0.615. The fourth-order valence-corrected chi connectivity index (χ4v) is 2.30. The summed E-state index contributed by atoms with van der Waals surface area (Å²) in [5.41, 5.74) is -0.0426. The van der Waals surface area contributed by atoms with Crippen LogP contribution in [0.5, 0.6) is 0 Å². The van der Waals surface area contributed by atoms with Gasteiger partial charge in [0, 0.05) is 20.5 Å². The predicted octanol–water partition coefficient (Wildman–Crippen LogP) is 0.0539. The van der Waals surface area contributed by atoms with E-state index in [0.29, 0.717) is 17.6 Å². The van der Waals surface area contributed by atoms with Gasteiger partial charge in [-0.3, -0.25) is 14.3 Å². The molecule has 0 bridgehead atoms. The first-order valence-electron chi connectivity index (χ1n) is 6.74. The monoisotopic (exact) mass is 280 g/mol. The van der Waals surface area contributed by atoms with Gasteiger partial charge in [0.25, 0.3) is 5.56 Å². The van der Waals surface area contributed by atoms with Gasteiger partial charge in [0.2, 0.25) is 0 Å². The third kappa shape index (κ3) is 2.67. The van der Waals surface area contributed by atoms with Gasteiger partial charge in [-0.15, -0.1) is 0 Å². The molecule has 7 nitrogen and oxygen atoms in total. The molecule has 20 heavy (non-hydrogen) atoms. The van der Waals surface area contributed by atoms with Crippen LogP contribution in [-0.4, -0.2) is 30.3 Å². The fourth-order valence-electron chi connectivity index (χ4n) is 2.30. The third-order valence-corrected chi connectivity index (χ3v) is 3.50. The number of H-pyrrole nitrogens is 1. The van der Waals surface area contributed by atoms with Crippen molar-refractivity contribution in [3.8, 4) is 0 Å². The van der Waals surface area contributed by atoms with Crippen LogP contribution in [0.2, 0.25) is 0 Å². The molecule has 0 spiro atoms. The number of hydrogen-bond donors (Lipinski definition) is 2.